The summed E-state index contributed by atoms with van der Waals surface area (Å²) in [6.07, 6.45) is 12.5. The molecule has 5 aliphatic carbocycles. The van der Waals surface area contributed by atoms with Crippen LogP contribution in [0.2, 0.25) is 0 Å². The highest BCUT2D eigenvalue weighted by Crippen LogP contribution is 2.72. The zero-order chi connectivity index (χ0) is 15.2. The fourth-order valence-corrected chi connectivity index (χ4v) is 7.80. The first-order chi connectivity index (χ1) is 10.5. The molecule has 5 saturated carbocycles. The predicted molar refractivity (Wildman–Crippen MR) is 88.9 cm³/mol. The Labute approximate surface area is 134 Å². The summed E-state index contributed by atoms with van der Waals surface area (Å²) < 4.78 is 0. The highest BCUT2D eigenvalue weighted by molar-refractivity contribution is 5.70. The first-order valence-corrected chi connectivity index (χ1v) is 9.40. The van der Waals surface area contributed by atoms with Crippen LogP contribution in [0.5, 0.6) is 0 Å². The van der Waals surface area contributed by atoms with Crippen LogP contribution in [0.15, 0.2) is 17.1 Å². The number of aliphatic imine (C=N–C) groups is 1. The van der Waals surface area contributed by atoms with Gasteiger partial charge in [0, 0.05) is 23.6 Å². The van der Waals surface area contributed by atoms with Crippen molar-refractivity contribution in [3.8, 4) is 0 Å². The molecule has 0 aromatic heterocycles. The lowest BCUT2D eigenvalue weighted by Crippen LogP contribution is -2.66. The van der Waals surface area contributed by atoms with Gasteiger partial charge in [-0.2, -0.15) is 0 Å². The molecular formula is C20H29NO. The minimum Gasteiger partial charge on any atom is -0.388 e. The maximum Gasteiger partial charge on any atom is 0.0809 e. The molecule has 6 aliphatic rings. The van der Waals surface area contributed by atoms with E-state index in [1.165, 1.54) is 51.4 Å². The molecule has 2 nitrogen and oxygen atoms in total. The quantitative estimate of drug-likeness (QED) is 0.674. The Morgan fingerprint density at radius 1 is 1.18 bits per heavy atom. The largest absolute Gasteiger partial charge is 0.388 e. The van der Waals surface area contributed by atoms with Crippen molar-refractivity contribution < 1.29 is 5.11 Å². The average Bonchev–Trinajstić information content (AvgIpc) is 2.50. The third kappa shape index (κ3) is 1.36. The fraction of sp³-hybridized carbons (Fsp3) is 0.850. The van der Waals surface area contributed by atoms with E-state index in [2.05, 4.69) is 19.7 Å². The number of nitrogens with zero attached hydrogens (tertiary/aromatic N) is 1. The molecule has 1 N–H and O–H groups in total. The molecule has 120 valence electrons. The second-order valence-corrected chi connectivity index (χ2v) is 9.42. The zero-order valence-electron chi connectivity index (χ0n) is 13.9. The smallest absolute Gasteiger partial charge is 0.0809 e. The Hall–Kier alpha value is -0.630. The van der Waals surface area contributed by atoms with E-state index < -0.39 is 0 Å². The minimum absolute atomic E-state index is 0.129. The van der Waals surface area contributed by atoms with E-state index in [9.17, 15) is 5.11 Å². The van der Waals surface area contributed by atoms with Gasteiger partial charge in [-0.25, -0.2) is 0 Å². The Morgan fingerprint density at radius 3 is 2.86 bits per heavy atom. The monoisotopic (exact) mass is 299 g/mol. The fourth-order valence-electron chi connectivity index (χ4n) is 7.80. The zero-order valence-corrected chi connectivity index (χ0v) is 13.9. The first-order valence-electron chi connectivity index (χ1n) is 9.40. The summed E-state index contributed by atoms with van der Waals surface area (Å²) in [7, 11) is 0. The second-order valence-electron chi connectivity index (χ2n) is 9.42. The summed E-state index contributed by atoms with van der Waals surface area (Å²) in [5, 5.41) is 11.1. The van der Waals surface area contributed by atoms with Gasteiger partial charge < -0.3 is 5.11 Å². The lowest BCUT2D eigenvalue weighted by molar-refractivity contribution is -0.185. The van der Waals surface area contributed by atoms with Crippen LogP contribution in [0, 0.1) is 34.0 Å². The number of rotatable bonds is 0. The van der Waals surface area contributed by atoms with Crippen LogP contribution in [0.4, 0.5) is 0 Å². The molecule has 22 heavy (non-hydrogen) atoms. The van der Waals surface area contributed by atoms with E-state index in [1.807, 2.05) is 0 Å². The van der Waals surface area contributed by atoms with Crippen molar-refractivity contribution in [1.29, 1.82) is 0 Å². The third-order valence-electron chi connectivity index (χ3n) is 8.77. The van der Waals surface area contributed by atoms with Crippen LogP contribution >= 0.6 is 0 Å². The summed E-state index contributed by atoms with van der Waals surface area (Å²) in [4.78, 5) is 4.89. The van der Waals surface area contributed by atoms with Crippen molar-refractivity contribution in [3.63, 3.8) is 0 Å². The molecule has 1 heterocycles. The van der Waals surface area contributed by atoms with E-state index in [0.717, 1.165) is 18.0 Å². The van der Waals surface area contributed by atoms with E-state index >= 15 is 0 Å². The molecule has 1 spiro atoms. The Bertz CT molecular complexity index is 568. The van der Waals surface area contributed by atoms with Gasteiger partial charge >= 0.3 is 0 Å². The van der Waals surface area contributed by atoms with Crippen molar-refractivity contribution in [1.82, 2.24) is 0 Å². The molecule has 6 rings (SSSR count). The molecule has 0 saturated heterocycles. The summed E-state index contributed by atoms with van der Waals surface area (Å²) in [5.74, 6) is 2.03. The number of hydrogen-bond donors (Lipinski definition) is 1. The maximum absolute atomic E-state index is 11.1. The molecule has 5 fully saturated rings. The van der Waals surface area contributed by atoms with E-state index in [0.29, 0.717) is 22.7 Å². The lowest BCUT2D eigenvalue weighted by atomic mass is 9.35. The molecule has 7 atom stereocenters. The van der Waals surface area contributed by atoms with Gasteiger partial charge in [0.25, 0.3) is 0 Å². The number of aliphatic hydroxyl groups excluding tert-OH is 1. The summed E-state index contributed by atoms with van der Waals surface area (Å²) in [6.45, 7) is 7.81. The molecule has 2 heteroatoms. The van der Waals surface area contributed by atoms with Crippen molar-refractivity contribution in [2.24, 2.45) is 39.0 Å². The Morgan fingerprint density at radius 2 is 2.00 bits per heavy atom. The number of aliphatic hydroxyl groups is 1. The van der Waals surface area contributed by atoms with Gasteiger partial charge in [0.15, 0.2) is 0 Å². The van der Waals surface area contributed by atoms with Crippen LogP contribution in [-0.4, -0.2) is 24.0 Å². The lowest BCUT2D eigenvalue weighted by Gasteiger charge is -2.70. The van der Waals surface area contributed by atoms with Crippen LogP contribution in [0.1, 0.15) is 58.3 Å². The van der Waals surface area contributed by atoms with Crippen LogP contribution in [0.25, 0.3) is 0 Å². The highest BCUT2D eigenvalue weighted by atomic mass is 16.3. The van der Waals surface area contributed by atoms with Gasteiger partial charge in [-0.3, -0.25) is 4.99 Å². The maximum atomic E-state index is 11.1. The normalized spacial score (nSPS) is 59.1. The van der Waals surface area contributed by atoms with Gasteiger partial charge in [0.2, 0.25) is 0 Å². The van der Waals surface area contributed by atoms with E-state index in [1.54, 1.807) is 0 Å². The summed E-state index contributed by atoms with van der Waals surface area (Å²) in [6, 6.07) is 0. The molecule has 4 bridgehead atoms. The van der Waals surface area contributed by atoms with Gasteiger partial charge in [0.05, 0.1) is 6.10 Å². The van der Waals surface area contributed by atoms with Crippen LogP contribution < -0.4 is 0 Å². The van der Waals surface area contributed by atoms with Crippen LogP contribution in [0.3, 0.4) is 0 Å². The predicted octanol–water partition coefficient (Wildman–Crippen LogP) is 3.99. The van der Waals surface area contributed by atoms with Crippen LogP contribution in [-0.2, 0) is 0 Å². The standard InChI is InChI=1S/C20H29NO/c1-13-14-4-8-19(17(13)22)9-5-15-18(2)6-3-7-20(15,12-21-11-18)16(19)10-14/h12,14-17,22H,1,3-11H2,2H3/t14-,15?,16?,17+,18-,19-,20-/m0/s1. The van der Waals surface area contributed by atoms with E-state index in [-0.39, 0.29) is 11.5 Å². The Balaban J connectivity index is 1.66. The van der Waals surface area contributed by atoms with Gasteiger partial charge in [-0.05, 0) is 73.7 Å². The summed E-state index contributed by atoms with van der Waals surface area (Å²) >= 11 is 0. The Kier molecular flexibility index (Phi) is 2.54. The van der Waals surface area contributed by atoms with E-state index in [4.69, 9.17) is 4.99 Å². The van der Waals surface area contributed by atoms with Gasteiger partial charge in [-0.15, -0.1) is 0 Å². The SMILES string of the molecule is C=C1[C@H]2CC[C@@]3(CCC4[C@@]5(C)CCC[C@@]4(C=NC5)C3C2)[C@@H]1O. The second kappa shape index (κ2) is 4.06. The summed E-state index contributed by atoms with van der Waals surface area (Å²) in [5.41, 5.74) is 2.00. The molecular weight excluding hydrogens is 270 g/mol. The van der Waals surface area contributed by atoms with Crippen molar-refractivity contribution in [3.05, 3.63) is 12.2 Å². The van der Waals surface area contributed by atoms with Gasteiger partial charge in [-0.1, -0.05) is 19.9 Å². The third-order valence-corrected chi connectivity index (χ3v) is 8.77. The molecule has 0 radical (unpaired) electrons. The molecule has 0 amide bonds. The first kappa shape index (κ1) is 13.8. The molecule has 2 unspecified atom stereocenters. The molecule has 1 aliphatic heterocycles. The van der Waals surface area contributed by atoms with Gasteiger partial charge in [0.1, 0.15) is 0 Å². The molecule has 0 aromatic rings. The number of hydrogen-bond acceptors (Lipinski definition) is 2. The molecule has 0 aromatic carbocycles. The van der Waals surface area contributed by atoms with Crippen molar-refractivity contribution >= 4 is 6.21 Å². The van der Waals surface area contributed by atoms with Crippen molar-refractivity contribution in [2.45, 2.75) is 64.4 Å². The topological polar surface area (TPSA) is 32.6 Å². The van der Waals surface area contributed by atoms with Crippen molar-refractivity contribution in [2.75, 3.05) is 6.54 Å². The minimum atomic E-state index is -0.246. The number of fused-ring (bicyclic) bond motifs is 2. The average molecular weight is 299 g/mol. The highest BCUT2D eigenvalue weighted by Gasteiger charge is 2.68.